The second-order valence-corrected chi connectivity index (χ2v) is 3.93. The molecule has 86 valence electrons. The lowest BCUT2D eigenvalue weighted by Gasteiger charge is -2.08. The van der Waals surface area contributed by atoms with Crippen molar-refractivity contribution in [3.63, 3.8) is 0 Å². The first-order valence-corrected chi connectivity index (χ1v) is 4.97. The van der Waals surface area contributed by atoms with Gasteiger partial charge in [0.2, 0.25) is 0 Å². The summed E-state index contributed by atoms with van der Waals surface area (Å²) in [5.74, 6) is -2.59. The number of nitrogens with zero attached hydrogens (tertiary/aromatic N) is 1. The molecule has 4 nitrogen and oxygen atoms in total. The van der Waals surface area contributed by atoms with E-state index < -0.39 is 27.3 Å². The molecule has 1 aliphatic rings. The first-order chi connectivity index (χ1) is 7.50. The zero-order valence-electron chi connectivity index (χ0n) is 7.97. The number of nitro groups is 1. The molecule has 0 unspecified atom stereocenters. The number of nitro benzene ring substituents is 1. The van der Waals surface area contributed by atoms with E-state index in [1.165, 1.54) is 0 Å². The van der Waals surface area contributed by atoms with Crippen LogP contribution in [0.5, 0.6) is 0 Å². The smallest absolute Gasteiger partial charge is 0.297 e. The molecule has 1 aromatic rings. The van der Waals surface area contributed by atoms with Crippen molar-refractivity contribution in [2.75, 3.05) is 5.32 Å². The minimum atomic E-state index is -1.32. The number of halogens is 3. The molecule has 0 radical (unpaired) electrons. The minimum absolute atomic E-state index is 0.0565. The van der Waals surface area contributed by atoms with E-state index in [1.807, 2.05) is 0 Å². The van der Waals surface area contributed by atoms with E-state index in [2.05, 4.69) is 5.32 Å². The highest BCUT2D eigenvalue weighted by molar-refractivity contribution is 6.34. The summed E-state index contributed by atoms with van der Waals surface area (Å²) in [6, 6.07) is 0.590. The molecule has 0 amide bonds. The van der Waals surface area contributed by atoms with Crippen LogP contribution in [0.15, 0.2) is 6.07 Å². The minimum Gasteiger partial charge on any atom is -0.375 e. The Morgan fingerprint density at radius 2 is 2.12 bits per heavy atom. The number of rotatable bonds is 3. The van der Waals surface area contributed by atoms with Gasteiger partial charge in [-0.3, -0.25) is 10.1 Å². The standard InChI is InChI=1S/C9H7ClF2N2O2/c10-7-8(12)5(11)3-6(14(15)16)9(7)13-4-1-2-4/h3-4,13H,1-2H2. The van der Waals surface area contributed by atoms with Gasteiger partial charge in [0, 0.05) is 6.04 Å². The average Bonchev–Trinajstić information content (AvgIpc) is 3.02. The summed E-state index contributed by atoms with van der Waals surface area (Å²) in [6.07, 6.45) is 1.68. The van der Waals surface area contributed by atoms with Crippen molar-refractivity contribution >= 4 is 23.0 Å². The summed E-state index contributed by atoms with van der Waals surface area (Å²) in [4.78, 5) is 9.86. The Labute approximate surface area is 94.4 Å². The van der Waals surface area contributed by atoms with E-state index in [-0.39, 0.29) is 11.7 Å². The lowest BCUT2D eigenvalue weighted by molar-refractivity contribution is -0.384. The fourth-order valence-corrected chi connectivity index (χ4v) is 1.54. The molecule has 16 heavy (non-hydrogen) atoms. The quantitative estimate of drug-likeness (QED) is 0.508. The predicted octanol–water partition coefficient (Wildman–Crippen LogP) is 3.10. The topological polar surface area (TPSA) is 55.2 Å². The molecule has 0 saturated heterocycles. The van der Waals surface area contributed by atoms with Gasteiger partial charge in [-0.05, 0) is 12.8 Å². The largest absolute Gasteiger partial charge is 0.375 e. The van der Waals surface area contributed by atoms with Crippen LogP contribution < -0.4 is 5.32 Å². The van der Waals surface area contributed by atoms with E-state index in [1.54, 1.807) is 0 Å². The van der Waals surface area contributed by atoms with Gasteiger partial charge in [0.15, 0.2) is 11.6 Å². The van der Waals surface area contributed by atoms with E-state index in [0.717, 1.165) is 12.8 Å². The van der Waals surface area contributed by atoms with E-state index in [9.17, 15) is 18.9 Å². The molecule has 0 spiro atoms. The highest BCUT2D eigenvalue weighted by Gasteiger charge is 2.29. The Morgan fingerprint density at radius 1 is 1.50 bits per heavy atom. The summed E-state index contributed by atoms with van der Waals surface area (Å²) in [7, 11) is 0. The molecule has 2 rings (SSSR count). The highest BCUT2D eigenvalue weighted by atomic mass is 35.5. The van der Waals surface area contributed by atoms with E-state index in [4.69, 9.17) is 11.6 Å². The van der Waals surface area contributed by atoms with Crippen molar-refractivity contribution < 1.29 is 13.7 Å². The summed E-state index contributed by atoms with van der Waals surface area (Å²) >= 11 is 5.54. The lowest BCUT2D eigenvalue weighted by Crippen LogP contribution is -2.07. The Morgan fingerprint density at radius 3 is 2.62 bits per heavy atom. The van der Waals surface area contributed by atoms with Gasteiger partial charge in [-0.25, -0.2) is 8.78 Å². The zero-order chi connectivity index (χ0) is 11.9. The number of nitrogens with one attached hydrogen (secondary N) is 1. The van der Waals surface area contributed by atoms with Gasteiger partial charge in [0.1, 0.15) is 10.7 Å². The van der Waals surface area contributed by atoms with Crippen molar-refractivity contribution in [2.24, 2.45) is 0 Å². The average molecular weight is 249 g/mol. The van der Waals surface area contributed by atoms with Crippen molar-refractivity contribution in [3.8, 4) is 0 Å². The SMILES string of the molecule is O=[N+]([O-])c1cc(F)c(F)c(Cl)c1NC1CC1. The Kier molecular flexibility index (Phi) is 2.67. The van der Waals surface area contributed by atoms with Crippen LogP contribution in [0.3, 0.4) is 0 Å². The third-order valence-corrected chi connectivity index (χ3v) is 2.62. The van der Waals surface area contributed by atoms with Gasteiger partial charge in [0.25, 0.3) is 5.69 Å². The van der Waals surface area contributed by atoms with Crippen LogP contribution in [0.1, 0.15) is 12.8 Å². The molecule has 7 heteroatoms. The summed E-state index contributed by atoms with van der Waals surface area (Å²) in [5.41, 5.74) is -0.691. The first kappa shape index (κ1) is 11.1. The van der Waals surface area contributed by atoms with Crippen LogP contribution in [0, 0.1) is 21.7 Å². The molecule has 0 atom stereocenters. The normalized spacial score (nSPS) is 14.9. The molecule has 0 aromatic heterocycles. The molecular formula is C9H7ClF2N2O2. The Balaban J connectivity index is 2.51. The van der Waals surface area contributed by atoms with Crippen LogP contribution in [-0.2, 0) is 0 Å². The molecule has 0 bridgehead atoms. The van der Waals surface area contributed by atoms with Crippen molar-refractivity contribution in [1.82, 2.24) is 0 Å². The predicted molar refractivity (Wildman–Crippen MR) is 54.7 cm³/mol. The van der Waals surface area contributed by atoms with Crippen LogP contribution in [-0.4, -0.2) is 11.0 Å². The van der Waals surface area contributed by atoms with Crippen molar-refractivity contribution in [1.29, 1.82) is 0 Å². The molecule has 1 aromatic carbocycles. The third kappa shape index (κ3) is 1.92. The van der Waals surface area contributed by atoms with E-state index >= 15 is 0 Å². The van der Waals surface area contributed by atoms with Crippen LogP contribution in [0.2, 0.25) is 5.02 Å². The van der Waals surface area contributed by atoms with Gasteiger partial charge >= 0.3 is 0 Å². The zero-order valence-corrected chi connectivity index (χ0v) is 8.72. The fourth-order valence-electron chi connectivity index (χ4n) is 1.30. The van der Waals surface area contributed by atoms with Gasteiger partial charge < -0.3 is 5.32 Å². The number of anilines is 1. The second-order valence-electron chi connectivity index (χ2n) is 3.56. The maximum Gasteiger partial charge on any atom is 0.297 e. The van der Waals surface area contributed by atoms with Crippen molar-refractivity contribution in [3.05, 3.63) is 32.8 Å². The lowest BCUT2D eigenvalue weighted by atomic mass is 10.2. The van der Waals surface area contributed by atoms with Crippen LogP contribution in [0.25, 0.3) is 0 Å². The Hall–Kier alpha value is -1.43. The number of benzene rings is 1. The first-order valence-electron chi connectivity index (χ1n) is 4.59. The molecule has 0 heterocycles. The summed E-state index contributed by atoms with van der Waals surface area (Å²) in [5, 5.41) is 12.8. The molecule has 1 fully saturated rings. The second kappa shape index (κ2) is 3.86. The maximum absolute atomic E-state index is 13.1. The molecule has 1 saturated carbocycles. The van der Waals surface area contributed by atoms with Gasteiger partial charge in [-0.2, -0.15) is 0 Å². The summed E-state index contributed by atoms with van der Waals surface area (Å²) < 4.78 is 26.1. The van der Waals surface area contributed by atoms with Gasteiger partial charge in [-0.1, -0.05) is 11.6 Å². The fraction of sp³-hybridized carbons (Fsp3) is 0.333. The molecule has 1 N–H and O–H groups in total. The third-order valence-electron chi connectivity index (χ3n) is 2.26. The van der Waals surface area contributed by atoms with Crippen LogP contribution >= 0.6 is 11.6 Å². The van der Waals surface area contributed by atoms with Crippen molar-refractivity contribution in [2.45, 2.75) is 18.9 Å². The summed E-state index contributed by atoms with van der Waals surface area (Å²) in [6.45, 7) is 0. The van der Waals surface area contributed by atoms with Gasteiger partial charge in [-0.15, -0.1) is 0 Å². The monoisotopic (exact) mass is 248 g/mol. The number of hydrogen-bond donors (Lipinski definition) is 1. The molecule has 0 aliphatic heterocycles. The highest BCUT2D eigenvalue weighted by Crippen LogP contribution is 2.38. The van der Waals surface area contributed by atoms with Gasteiger partial charge in [0.05, 0.1) is 11.0 Å². The number of hydrogen-bond acceptors (Lipinski definition) is 3. The van der Waals surface area contributed by atoms with E-state index in [0.29, 0.717) is 6.07 Å². The molecule has 1 aliphatic carbocycles. The Bertz CT molecular complexity index is 463. The van der Waals surface area contributed by atoms with Crippen LogP contribution in [0.4, 0.5) is 20.2 Å². The molecular weight excluding hydrogens is 242 g/mol. The maximum atomic E-state index is 13.1.